The van der Waals surface area contributed by atoms with E-state index in [-0.39, 0.29) is 29.2 Å². The first-order valence-corrected chi connectivity index (χ1v) is 8.51. The van der Waals surface area contributed by atoms with Crippen LogP contribution in [0.1, 0.15) is 26.3 Å². The zero-order chi connectivity index (χ0) is 20.7. The third kappa shape index (κ3) is 5.37. The number of carbonyl (C=O) groups is 3. The number of nitrogens with one attached hydrogen (secondary N) is 2. The lowest BCUT2D eigenvalue weighted by atomic mass is 10.1. The van der Waals surface area contributed by atoms with Crippen molar-refractivity contribution in [2.75, 3.05) is 33.1 Å². The molecule has 8 heteroatoms. The molecule has 0 aliphatic carbocycles. The average Bonchev–Trinajstić information content (AvgIpc) is 2.68. The normalized spacial score (nSPS) is 11.4. The fourth-order valence-corrected chi connectivity index (χ4v) is 2.68. The molecule has 7 nitrogen and oxygen atoms in total. The van der Waals surface area contributed by atoms with Gasteiger partial charge in [-0.15, -0.1) is 0 Å². The number of halogens is 1. The van der Waals surface area contributed by atoms with Gasteiger partial charge in [-0.2, -0.15) is 0 Å². The average molecular weight is 389 g/mol. The third-order valence-corrected chi connectivity index (χ3v) is 4.03. The molecule has 1 atom stereocenters. The first kappa shape index (κ1) is 21.0. The molecule has 2 aromatic carbocycles. The molecule has 1 amide bonds. The highest BCUT2D eigenvalue weighted by molar-refractivity contribution is 6.03. The Kier molecular flexibility index (Phi) is 7.22. The van der Waals surface area contributed by atoms with Crippen molar-refractivity contribution >= 4 is 23.5 Å². The van der Waals surface area contributed by atoms with E-state index in [4.69, 9.17) is 4.74 Å². The van der Waals surface area contributed by atoms with Crippen LogP contribution >= 0.6 is 0 Å². The van der Waals surface area contributed by atoms with E-state index in [1.54, 1.807) is 25.2 Å². The van der Waals surface area contributed by atoms with Crippen LogP contribution < -0.4 is 10.2 Å². The van der Waals surface area contributed by atoms with E-state index in [2.05, 4.69) is 10.1 Å². The maximum absolute atomic E-state index is 13.8. The molecular formula is C20H22FN2O5+. The number of rotatable bonds is 7. The van der Waals surface area contributed by atoms with Crippen molar-refractivity contribution in [2.24, 2.45) is 0 Å². The van der Waals surface area contributed by atoms with E-state index >= 15 is 0 Å². The molecule has 28 heavy (non-hydrogen) atoms. The van der Waals surface area contributed by atoms with Crippen LogP contribution in [0, 0.1) is 5.82 Å². The maximum atomic E-state index is 13.8. The van der Waals surface area contributed by atoms with Crippen LogP contribution in [0.15, 0.2) is 42.5 Å². The minimum absolute atomic E-state index is 0.0252. The van der Waals surface area contributed by atoms with Gasteiger partial charge in [0, 0.05) is 5.56 Å². The van der Waals surface area contributed by atoms with Crippen LogP contribution in [0.5, 0.6) is 0 Å². The summed E-state index contributed by atoms with van der Waals surface area (Å²) in [5, 5.41) is 2.61. The molecule has 0 aromatic heterocycles. The maximum Gasteiger partial charge on any atom is 0.339 e. The predicted molar refractivity (Wildman–Crippen MR) is 99.6 cm³/mol. The van der Waals surface area contributed by atoms with Gasteiger partial charge in [0.15, 0.2) is 6.54 Å². The zero-order valence-corrected chi connectivity index (χ0v) is 15.9. The fourth-order valence-electron chi connectivity index (χ4n) is 2.68. The summed E-state index contributed by atoms with van der Waals surface area (Å²) in [7, 11) is 4.20. The lowest BCUT2D eigenvalue weighted by molar-refractivity contribution is -0.885. The number of benzene rings is 2. The largest absolute Gasteiger partial charge is 0.465 e. The molecule has 0 saturated heterocycles. The van der Waals surface area contributed by atoms with Gasteiger partial charge in [-0.3, -0.25) is 4.79 Å². The summed E-state index contributed by atoms with van der Waals surface area (Å²) in [5.41, 5.74) is 0.918. The summed E-state index contributed by atoms with van der Waals surface area (Å²) >= 11 is 0. The number of carbonyl (C=O) groups excluding carboxylic acids is 3. The molecule has 2 N–H and O–H groups in total. The monoisotopic (exact) mass is 389 g/mol. The fraction of sp³-hybridized carbons (Fsp3) is 0.250. The first-order chi connectivity index (χ1) is 13.3. The smallest absolute Gasteiger partial charge is 0.339 e. The molecule has 1 unspecified atom stereocenters. The highest BCUT2D eigenvalue weighted by atomic mass is 19.1. The number of ether oxygens (including phenoxy) is 2. The Balaban J connectivity index is 2.13. The summed E-state index contributed by atoms with van der Waals surface area (Å²) in [5.74, 6) is -1.99. The first-order valence-electron chi connectivity index (χ1n) is 8.51. The number of esters is 2. The molecule has 0 bridgehead atoms. The molecular weight excluding hydrogens is 367 g/mol. The van der Waals surface area contributed by atoms with Crippen molar-refractivity contribution in [3.8, 4) is 0 Å². The van der Waals surface area contributed by atoms with E-state index in [1.165, 1.54) is 38.5 Å². The highest BCUT2D eigenvalue weighted by Crippen LogP contribution is 2.19. The Morgan fingerprint density at radius 3 is 2.36 bits per heavy atom. The second kappa shape index (κ2) is 9.61. The molecule has 0 radical (unpaired) electrons. The molecule has 0 aliphatic heterocycles. The summed E-state index contributed by atoms with van der Waals surface area (Å²) in [6, 6.07) is 10.5. The van der Waals surface area contributed by atoms with Crippen LogP contribution in [-0.2, 0) is 20.8 Å². The van der Waals surface area contributed by atoms with Gasteiger partial charge in [-0.1, -0.05) is 18.2 Å². The number of anilines is 1. The van der Waals surface area contributed by atoms with E-state index < -0.39 is 17.8 Å². The van der Waals surface area contributed by atoms with Crippen LogP contribution in [0.4, 0.5) is 10.1 Å². The van der Waals surface area contributed by atoms with Crippen molar-refractivity contribution < 1.29 is 33.1 Å². The van der Waals surface area contributed by atoms with Gasteiger partial charge in [-0.05, 0) is 24.3 Å². The highest BCUT2D eigenvalue weighted by Gasteiger charge is 2.19. The second-order valence-corrected chi connectivity index (χ2v) is 6.19. The van der Waals surface area contributed by atoms with E-state index in [0.29, 0.717) is 12.1 Å². The number of amides is 1. The Hall–Kier alpha value is -3.26. The molecule has 0 heterocycles. The van der Waals surface area contributed by atoms with Crippen LogP contribution in [0.25, 0.3) is 0 Å². The lowest BCUT2D eigenvalue weighted by Gasteiger charge is -2.15. The Morgan fingerprint density at radius 1 is 1.04 bits per heavy atom. The SMILES string of the molecule is COC(=O)c1ccc(C(=O)OC)c(NC(=O)C[NH+](C)Cc2ccccc2F)c1. The quantitative estimate of drug-likeness (QED) is 0.692. The Bertz CT molecular complexity index is 885. The zero-order valence-electron chi connectivity index (χ0n) is 15.9. The van der Waals surface area contributed by atoms with Crippen molar-refractivity contribution in [1.82, 2.24) is 0 Å². The molecule has 0 spiro atoms. The minimum atomic E-state index is -0.654. The summed E-state index contributed by atoms with van der Waals surface area (Å²) in [4.78, 5) is 36.8. The van der Waals surface area contributed by atoms with Crippen molar-refractivity contribution in [3.05, 3.63) is 65.0 Å². The standard InChI is InChI=1S/C20H21FN2O5/c1-23(11-14-6-4-5-7-16(14)21)12-18(24)22-17-10-13(19(25)27-2)8-9-15(17)20(26)28-3/h4-10H,11-12H2,1-3H3,(H,22,24)/p+1. The molecule has 0 saturated carbocycles. The number of hydrogen-bond donors (Lipinski definition) is 2. The second-order valence-electron chi connectivity index (χ2n) is 6.19. The summed E-state index contributed by atoms with van der Waals surface area (Å²) in [6.45, 7) is 0.337. The van der Waals surface area contributed by atoms with Gasteiger partial charge < -0.3 is 19.7 Å². The van der Waals surface area contributed by atoms with E-state index in [0.717, 1.165) is 4.90 Å². The van der Waals surface area contributed by atoms with Crippen molar-refractivity contribution in [1.29, 1.82) is 0 Å². The summed E-state index contributed by atoms with van der Waals surface area (Å²) in [6.07, 6.45) is 0. The van der Waals surface area contributed by atoms with Crippen LogP contribution in [0.3, 0.4) is 0 Å². The van der Waals surface area contributed by atoms with Crippen LogP contribution in [0.2, 0.25) is 0 Å². The molecule has 0 aliphatic rings. The third-order valence-electron chi connectivity index (χ3n) is 4.03. The summed E-state index contributed by atoms with van der Waals surface area (Å²) < 4.78 is 23.1. The number of quaternary nitrogens is 1. The number of hydrogen-bond acceptors (Lipinski definition) is 5. The van der Waals surface area contributed by atoms with Gasteiger partial charge in [0.1, 0.15) is 12.4 Å². The van der Waals surface area contributed by atoms with Crippen molar-refractivity contribution in [2.45, 2.75) is 6.54 Å². The topological polar surface area (TPSA) is 86.1 Å². The predicted octanol–water partition coefficient (Wildman–Crippen LogP) is 1.05. The van der Waals surface area contributed by atoms with Gasteiger partial charge in [-0.25, -0.2) is 14.0 Å². The van der Waals surface area contributed by atoms with Crippen LogP contribution in [-0.4, -0.2) is 45.7 Å². The van der Waals surface area contributed by atoms with Crippen molar-refractivity contribution in [3.63, 3.8) is 0 Å². The van der Waals surface area contributed by atoms with Gasteiger partial charge in [0.25, 0.3) is 5.91 Å². The van der Waals surface area contributed by atoms with Gasteiger partial charge in [0.05, 0.1) is 38.1 Å². The Morgan fingerprint density at radius 2 is 1.71 bits per heavy atom. The number of methoxy groups -OCH3 is 2. The number of likely N-dealkylation sites (N-methyl/N-ethyl adjacent to an activating group) is 1. The molecule has 0 fully saturated rings. The van der Waals surface area contributed by atoms with Gasteiger partial charge >= 0.3 is 11.9 Å². The van der Waals surface area contributed by atoms with E-state index in [9.17, 15) is 18.8 Å². The van der Waals surface area contributed by atoms with Gasteiger partial charge in [0.2, 0.25) is 0 Å². The lowest BCUT2D eigenvalue weighted by Crippen LogP contribution is -3.08. The minimum Gasteiger partial charge on any atom is -0.465 e. The molecule has 2 aromatic rings. The molecule has 2 rings (SSSR count). The Labute approximate surface area is 162 Å². The van der Waals surface area contributed by atoms with E-state index in [1.807, 2.05) is 0 Å². The molecule has 148 valence electrons.